The van der Waals surface area contributed by atoms with Gasteiger partial charge >= 0.3 is 41.2 Å². The van der Waals surface area contributed by atoms with Crippen LogP contribution >= 0.6 is 7.92 Å². The minimum Gasteiger partial charge on any atom is -0.358 e. The predicted molar refractivity (Wildman–Crippen MR) is 37.5 cm³/mol. The summed E-state index contributed by atoms with van der Waals surface area (Å²) in [7, 11) is 0.380. The first kappa shape index (κ1) is 33.0. The summed E-state index contributed by atoms with van der Waals surface area (Å²) in [5.74, 6) is 0. The van der Waals surface area contributed by atoms with E-state index >= 15 is 0 Å². The second kappa shape index (κ2) is 23.3. The molecule has 0 amide bonds. The summed E-state index contributed by atoms with van der Waals surface area (Å²) < 4.78 is 0. The van der Waals surface area contributed by atoms with Crippen LogP contribution in [0, 0.1) is 14.9 Å². The van der Waals surface area contributed by atoms with Gasteiger partial charge in [0.25, 0.3) is 0 Å². The third-order valence-electron chi connectivity index (χ3n) is 0. The fourth-order valence-corrected chi connectivity index (χ4v) is 0. The summed E-state index contributed by atoms with van der Waals surface area (Å²) in [4.78, 5) is 0. The topological polar surface area (TPSA) is 0 Å². The van der Waals surface area contributed by atoms with Crippen molar-refractivity contribution in [3.63, 3.8) is 0 Å². The van der Waals surface area contributed by atoms with E-state index in [1.807, 2.05) is 0 Å². The van der Waals surface area contributed by atoms with Crippen molar-refractivity contribution in [2.45, 2.75) is 0 Å². The SMILES string of the molecule is CP(C)C.[Au+].[CH3-].[CH3-].[Li+]. The molecule has 0 bridgehead atoms. The van der Waals surface area contributed by atoms with Gasteiger partial charge in [-0.3, -0.25) is 0 Å². The van der Waals surface area contributed by atoms with E-state index in [1.165, 1.54) is 0 Å². The molecule has 0 fully saturated rings. The van der Waals surface area contributed by atoms with Crippen LogP contribution in [0.5, 0.6) is 0 Å². The summed E-state index contributed by atoms with van der Waals surface area (Å²) >= 11 is 0. The standard InChI is InChI=1S/C3H9P.2CH3.Au.Li/c1-4(2)3;;;;/h1-3H3;2*1H3;;/q;2*-1;2*+1. The molecule has 3 heteroatoms. The van der Waals surface area contributed by atoms with Gasteiger partial charge in [-0.1, -0.05) is 0 Å². The van der Waals surface area contributed by atoms with Gasteiger partial charge in [-0.25, -0.2) is 0 Å². The Kier molecular flexibility index (Phi) is 96.1. The Balaban J connectivity index is -0.00000000750. The van der Waals surface area contributed by atoms with E-state index in [-0.39, 0.29) is 56.1 Å². The average Bonchev–Trinajstić information content (AvgIpc) is 0.811. The van der Waals surface area contributed by atoms with Crippen LogP contribution in [0.2, 0.25) is 0 Å². The van der Waals surface area contributed by atoms with Gasteiger partial charge in [0, 0.05) is 0 Å². The van der Waals surface area contributed by atoms with Crippen molar-refractivity contribution >= 4 is 7.92 Å². The minimum atomic E-state index is 0. The van der Waals surface area contributed by atoms with Gasteiger partial charge in [-0.2, -0.15) is 0 Å². The molecule has 0 unspecified atom stereocenters. The Morgan fingerprint density at radius 1 is 0.875 bits per heavy atom. The van der Waals surface area contributed by atoms with E-state index in [4.69, 9.17) is 0 Å². The molecule has 0 atom stereocenters. The second-order valence-electron chi connectivity index (χ2n) is 1.34. The van der Waals surface area contributed by atoms with Crippen LogP contribution < -0.4 is 18.9 Å². The molecule has 0 aliphatic heterocycles. The predicted octanol–water partition coefficient (Wildman–Crippen LogP) is -0.740. The maximum Gasteiger partial charge on any atom is 1.00 e. The van der Waals surface area contributed by atoms with Crippen LogP contribution in [0.15, 0.2) is 0 Å². The van der Waals surface area contributed by atoms with Crippen molar-refractivity contribution < 1.29 is 41.2 Å². The Hall–Kier alpha value is 1.77. The molecule has 0 aromatic carbocycles. The van der Waals surface area contributed by atoms with Gasteiger partial charge in [0.2, 0.25) is 0 Å². The van der Waals surface area contributed by atoms with Gasteiger partial charge in [0.1, 0.15) is 0 Å². The summed E-state index contributed by atoms with van der Waals surface area (Å²) in [5, 5.41) is 0. The molecule has 0 aliphatic carbocycles. The van der Waals surface area contributed by atoms with Crippen LogP contribution in [0.1, 0.15) is 0 Å². The number of rotatable bonds is 0. The largest absolute Gasteiger partial charge is 1.00 e. The molecule has 0 aliphatic rings. The van der Waals surface area contributed by atoms with Crippen LogP contribution in [0.25, 0.3) is 0 Å². The van der Waals surface area contributed by atoms with E-state index in [0.29, 0.717) is 7.92 Å². The molecule has 0 aromatic heterocycles. The zero-order valence-electron chi connectivity index (χ0n) is 6.75. The van der Waals surface area contributed by atoms with E-state index in [1.54, 1.807) is 0 Å². The molecule has 0 spiro atoms. The van der Waals surface area contributed by atoms with Gasteiger partial charge in [0.15, 0.2) is 0 Å². The summed E-state index contributed by atoms with van der Waals surface area (Å²) in [6.07, 6.45) is 0. The van der Waals surface area contributed by atoms with Gasteiger partial charge in [-0.05, 0) is 20.0 Å². The van der Waals surface area contributed by atoms with E-state index < -0.39 is 0 Å². The van der Waals surface area contributed by atoms with E-state index in [9.17, 15) is 0 Å². The van der Waals surface area contributed by atoms with Gasteiger partial charge < -0.3 is 14.9 Å². The first-order chi connectivity index (χ1) is 1.73. The number of hydrogen-bond acceptors (Lipinski definition) is 0. The fraction of sp³-hybridized carbons (Fsp3) is 0.600. The molecule has 0 radical (unpaired) electrons. The Morgan fingerprint density at radius 3 is 0.875 bits per heavy atom. The molecule has 8 heavy (non-hydrogen) atoms. The zero-order chi connectivity index (χ0) is 3.58. The summed E-state index contributed by atoms with van der Waals surface area (Å²) in [6, 6.07) is 0. The minimum absolute atomic E-state index is 0. The Morgan fingerprint density at radius 2 is 0.875 bits per heavy atom. The van der Waals surface area contributed by atoms with Crippen molar-refractivity contribution in [3.8, 4) is 0 Å². The van der Waals surface area contributed by atoms with Gasteiger partial charge in [-0.15, -0.1) is 7.92 Å². The second-order valence-corrected chi connectivity index (χ2v) is 4.02. The van der Waals surface area contributed by atoms with Crippen LogP contribution in [-0.2, 0) is 22.4 Å². The molecule has 52 valence electrons. The maximum absolute atomic E-state index is 2.23. The first-order valence-corrected chi connectivity index (χ1v) is 4.02. The van der Waals surface area contributed by atoms with Crippen molar-refractivity contribution in [1.82, 2.24) is 0 Å². The monoisotopic (exact) mass is 310 g/mol. The fourth-order valence-electron chi connectivity index (χ4n) is 0. The van der Waals surface area contributed by atoms with Crippen molar-refractivity contribution in [3.05, 3.63) is 14.9 Å². The smallest absolute Gasteiger partial charge is 0.358 e. The Bertz CT molecular complexity index is 17.1. The summed E-state index contributed by atoms with van der Waals surface area (Å²) in [6.45, 7) is 6.69. The van der Waals surface area contributed by atoms with Gasteiger partial charge in [0.05, 0.1) is 0 Å². The molecular formula is C5H15AuLiP. The third kappa shape index (κ3) is 114. The molecule has 0 nitrogen and oxygen atoms in total. The zero-order valence-corrected chi connectivity index (χ0v) is 9.81. The third-order valence-corrected chi connectivity index (χ3v) is 0. The average molecular weight is 310 g/mol. The van der Waals surface area contributed by atoms with Crippen LogP contribution in [0.3, 0.4) is 0 Å². The molecule has 0 saturated carbocycles. The maximum atomic E-state index is 2.23. The molecule has 0 heterocycles. The van der Waals surface area contributed by atoms with E-state index in [2.05, 4.69) is 20.0 Å². The molecule has 0 rings (SSSR count). The Labute approximate surface area is 83.6 Å². The van der Waals surface area contributed by atoms with Crippen molar-refractivity contribution in [2.24, 2.45) is 0 Å². The quantitative estimate of drug-likeness (QED) is 0.314. The van der Waals surface area contributed by atoms with E-state index in [0.717, 1.165) is 0 Å². The summed E-state index contributed by atoms with van der Waals surface area (Å²) in [5.41, 5.74) is 0. The molecule has 0 N–H and O–H groups in total. The van der Waals surface area contributed by atoms with Crippen LogP contribution in [0.4, 0.5) is 0 Å². The van der Waals surface area contributed by atoms with Crippen LogP contribution in [-0.4, -0.2) is 20.0 Å². The molecule has 0 aromatic rings. The molecule has 0 saturated heterocycles. The normalized spacial score (nSPS) is 4.50. The van der Waals surface area contributed by atoms with Crippen molar-refractivity contribution in [1.29, 1.82) is 0 Å². The first-order valence-electron chi connectivity index (χ1n) is 1.34. The molecular weight excluding hydrogens is 295 g/mol. The van der Waals surface area contributed by atoms with Crippen molar-refractivity contribution in [2.75, 3.05) is 20.0 Å². The number of hydrogen-bond donors (Lipinski definition) is 0.